The molecule has 0 aromatic heterocycles. The summed E-state index contributed by atoms with van der Waals surface area (Å²) in [6.45, 7) is 5.08. The third-order valence-electron chi connectivity index (χ3n) is 2.74. The van der Waals surface area contributed by atoms with Gasteiger partial charge in [-0.2, -0.15) is 0 Å². The van der Waals surface area contributed by atoms with Crippen molar-refractivity contribution >= 4 is 0 Å². The van der Waals surface area contributed by atoms with E-state index < -0.39 is 11.6 Å². The van der Waals surface area contributed by atoms with E-state index in [-0.39, 0.29) is 16.7 Å². The number of benzene rings is 1. The van der Waals surface area contributed by atoms with Crippen molar-refractivity contribution in [2.24, 2.45) is 5.41 Å². The van der Waals surface area contributed by atoms with Crippen LogP contribution in [0.25, 0.3) is 0 Å². The Hall–Kier alpha value is -1.16. The summed E-state index contributed by atoms with van der Waals surface area (Å²) >= 11 is 0. The van der Waals surface area contributed by atoms with E-state index in [0.717, 1.165) is 0 Å². The Morgan fingerprint density at radius 2 is 1.88 bits per heavy atom. The van der Waals surface area contributed by atoms with Gasteiger partial charge in [-0.1, -0.05) is 6.92 Å². The van der Waals surface area contributed by atoms with Crippen molar-refractivity contribution in [1.82, 2.24) is 0 Å². The molecule has 0 N–H and O–H groups in total. The van der Waals surface area contributed by atoms with Gasteiger partial charge in [0.1, 0.15) is 17.4 Å². The third kappa shape index (κ3) is 2.16. The molecule has 2 rings (SSSR count). The highest BCUT2D eigenvalue weighted by molar-refractivity contribution is 5.29. The van der Waals surface area contributed by atoms with Gasteiger partial charge in [0.25, 0.3) is 0 Å². The largest absolute Gasteiger partial charge is 0.493 e. The highest BCUT2D eigenvalue weighted by Crippen LogP contribution is 2.28. The summed E-state index contributed by atoms with van der Waals surface area (Å²) in [7, 11) is 0. The molecule has 1 heterocycles. The van der Waals surface area contributed by atoms with Gasteiger partial charge >= 0.3 is 0 Å². The predicted octanol–water partition coefficient (Wildman–Crippen LogP) is 2.69. The molecule has 88 valence electrons. The summed E-state index contributed by atoms with van der Waals surface area (Å²) in [4.78, 5) is 0. The van der Waals surface area contributed by atoms with E-state index in [0.29, 0.717) is 19.8 Å². The first-order valence-electron chi connectivity index (χ1n) is 5.16. The maximum Gasteiger partial charge on any atom is 0.132 e. The van der Waals surface area contributed by atoms with Gasteiger partial charge in [-0.15, -0.1) is 0 Å². The SMILES string of the molecule is Cc1c(F)cc(OCC2(C)COC2)cc1F. The second-order valence-electron chi connectivity index (χ2n) is 4.60. The molecule has 1 fully saturated rings. The lowest BCUT2D eigenvalue weighted by molar-refractivity contribution is -0.120. The summed E-state index contributed by atoms with van der Waals surface area (Å²) in [5.74, 6) is -0.927. The quantitative estimate of drug-likeness (QED) is 0.791. The van der Waals surface area contributed by atoms with E-state index >= 15 is 0 Å². The monoisotopic (exact) mass is 228 g/mol. The molecule has 0 spiro atoms. The molecule has 1 aromatic rings. The van der Waals surface area contributed by atoms with Crippen LogP contribution in [0.3, 0.4) is 0 Å². The Kier molecular flexibility index (Phi) is 2.84. The van der Waals surface area contributed by atoms with Crippen molar-refractivity contribution in [1.29, 1.82) is 0 Å². The van der Waals surface area contributed by atoms with E-state index in [4.69, 9.17) is 9.47 Å². The topological polar surface area (TPSA) is 18.5 Å². The highest BCUT2D eigenvalue weighted by atomic mass is 19.1. The van der Waals surface area contributed by atoms with Crippen LogP contribution in [0.1, 0.15) is 12.5 Å². The van der Waals surface area contributed by atoms with Crippen LogP contribution < -0.4 is 4.74 Å². The molecule has 1 aliphatic rings. The van der Waals surface area contributed by atoms with Crippen molar-refractivity contribution in [3.8, 4) is 5.75 Å². The Morgan fingerprint density at radius 3 is 2.31 bits per heavy atom. The van der Waals surface area contributed by atoms with E-state index in [1.165, 1.54) is 19.1 Å². The number of ether oxygens (including phenoxy) is 2. The smallest absolute Gasteiger partial charge is 0.132 e. The summed E-state index contributed by atoms with van der Waals surface area (Å²) in [6.07, 6.45) is 0. The average molecular weight is 228 g/mol. The molecular formula is C12H14F2O2. The van der Waals surface area contributed by atoms with Gasteiger partial charge in [0.15, 0.2) is 0 Å². The maximum absolute atomic E-state index is 13.2. The zero-order chi connectivity index (χ0) is 11.8. The fourth-order valence-corrected chi connectivity index (χ4v) is 1.50. The van der Waals surface area contributed by atoms with Crippen molar-refractivity contribution in [2.75, 3.05) is 19.8 Å². The van der Waals surface area contributed by atoms with Gasteiger partial charge in [-0.05, 0) is 6.92 Å². The predicted molar refractivity (Wildman–Crippen MR) is 55.5 cm³/mol. The van der Waals surface area contributed by atoms with Crippen LogP contribution in [0.5, 0.6) is 5.75 Å². The molecule has 4 heteroatoms. The molecule has 1 aliphatic heterocycles. The summed E-state index contributed by atoms with van der Waals surface area (Å²) in [5, 5.41) is 0. The van der Waals surface area contributed by atoms with Gasteiger partial charge < -0.3 is 9.47 Å². The van der Waals surface area contributed by atoms with E-state index in [2.05, 4.69) is 0 Å². The van der Waals surface area contributed by atoms with Gasteiger partial charge in [0, 0.05) is 23.1 Å². The van der Waals surface area contributed by atoms with Crippen LogP contribution in [0.4, 0.5) is 8.78 Å². The molecule has 0 unspecified atom stereocenters. The van der Waals surface area contributed by atoms with Crippen LogP contribution in [0.15, 0.2) is 12.1 Å². The number of hydrogen-bond acceptors (Lipinski definition) is 2. The fraction of sp³-hybridized carbons (Fsp3) is 0.500. The first-order chi connectivity index (χ1) is 7.50. The maximum atomic E-state index is 13.2. The molecule has 1 aromatic carbocycles. The molecular weight excluding hydrogens is 214 g/mol. The van der Waals surface area contributed by atoms with E-state index in [9.17, 15) is 8.78 Å². The van der Waals surface area contributed by atoms with Crippen LogP contribution in [-0.4, -0.2) is 19.8 Å². The molecule has 2 nitrogen and oxygen atoms in total. The lowest BCUT2D eigenvalue weighted by Gasteiger charge is -2.37. The average Bonchev–Trinajstić information content (AvgIpc) is 2.20. The first-order valence-corrected chi connectivity index (χ1v) is 5.16. The van der Waals surface area contributed by atoms with Crippen molar-refractivity contribution < 1.29 is 18.3 Å². The first kappa shape index (κ1) is 11.3. The molecule has 0 saturated carbocycles. The molecule has 1 saturated heterocycles. The van der Waals surface area contributed by atoms with Crippen molar-refractivity contribution in [2.45, 2.75) is 13.8 Å². The minimum absolute atomic E-state index is 0.0190. The Morgan fingerprint density at radius 1 is 1.31 bits per heavy atom. The fourth-order valence-electron chi connectivity index (χ4n) is 1.50. The summed E-state index contributed by atoms with van der Waals surface area (Å²) < 4.78 is 36.9. The van der Waals surface area contributed by atoms with Crippen LogP contribution in [0, 0.1) is 24.0 Å². The number of rotatable bonds is 3. The van der Waals surface area contributed by atoms with Gasteiger partial charge in [-0.25, -0.2) is 8.78 Å². The summed E-state index contributed by atoms with van der Waals surface area (Å²) in [5.41, 5.74) is -0.0109. The lowest BCUT2D eigenvalue weighted by Crippen LogP contribution is -2.44. The Balaban J connectivity index is 2.04. The minimum Gasteiger partial charge on any atom is -0.493 e. The minimum atomic E-state index is -0.579. The second-order valence-corrected chi connectivity index (χ2v) is 4.60. The molecule has 16 heavy (non-hydrogen) atoms. The van der Waals surface area contributed by atoms with Crippen LogP contribution >= 0.6 is 0 Å². The highest BCUT2D eigenvalue weighted by Gasteiger charge is 2.34. The standard InChI is InChI=1S/C12H14F2O2/c1-8-10(13)3-9(4-11(8)14)16-7-12(2)5-15-6-12/h3-4H,5-7H2,1-2H3. The van der Waals surface area contributed by atoms with Crippen LogP contribution in [-0.2, 0) is 4.74 Å². The van der Waals surface area contributed by atoms with Gasteiger partial charge in [0.2, 0.25) is 0 Å². The van der Waals surface area contributed by atoms with Crippen molar-refractivity contribution in [3.63, 3.8) is 0 Å². The van der Waals surface area contributed by atoms with Crippen molar-refractivity contribution in [3.05, 3.63) is 29.3 Å². The van der Waals surface area contributed by atoms with E-state index in [1.54, 1.807) is 0 Å². The van der Waals surface area contributed by atoms with E-state index in [1.807, 2.05) is 6.92 Å². The van der Waals surface area contributed by atoms with Gasteiger partial charge in [0.05, 0.1) is 19.8 Å². The zero-order valence-corrected chi connectivity index (χ0v) is 9.35. The van der Waals surface area contributed by atoms with Crippen LogP contribution in [0.2, 0.25) is 0 Å². The van der Waals surface area contributed by atoms with Gasteiger partial charge in [-0.3, -0.25) is 0 Å². The second kappa shape index (κ2) is 4.01. The normalized spacial score (nSPS) is 18.0. The lowest BCUT2D eigenvalue weighted by atomic mass is 9.90. The number of halogens is 2. The Labute approximate surface area is 93.2 Å². The molecule has 0 amide bonds. The number of hydrogen-bond donors (Lipinski definition) is 0. The molecule has 0 atom stereocenters. The molecule has 0 aliphatic carbocycles. The Bertz CT molecular complexity index is 377. The third-order valence-corrected chi connectivity index (χ3v) is 2.74. The zero-order valence-electron chi connectivity index (χ0n) is 9.35. The molecule has 0 radical (unpaired) electrons. The molecule has 0 bridgehead atoms. The summed E-state index contributed by atoms with van der Waals surface area (Å²) in [6, 6.07) is 2.42.